The van der Waals surface area contributed by atoms with Crippen LogP contribution in [0.15, 0.2) is 53.1 Å². The van der Waals surface area contributed by atoms with E-state index in [2.05, 4.69) is 10.5 Å². The zero-order chi connectivity index (χ0) is 23.5. The molecule has 3 aromatic rings. The lowest BCUT2D eigenvalue weighted by molar-refractivity contribution is -0.147. The molecule has 0 radical (unpaired) electrons. The van der Waals surface area contributed by atoms with Crippen LogP contribution in [0.5, 0.6) is 5.75 Å². The van der Waals surface area contributed by atoms with E-state index in [1.165, 1.54) is 0 Å². The van der Waals surface area contributed by atoms with Gasteiger partial charge in [0, 0.05) is 37.0 Å². The van der Waals surface area contributed by atoms with Gasteiger partial charge in [-0.25, -0.2) is 0 Å². The van der Waals surface area contributed by atoms with Gasteiger partial charge in [0.15, 0.2) is 11.5 Å². The van der Waals surface area contributed by atoms with Gasteiger partial charge in [-0.3, -0.25) is 14.5 Å². The Balaban J connectivity index is 1.39. The van der Waals surface area contributed by atoms with Crippen LogP contribution in [-0.4, -0.2) is 46.2 Å². The van der Waals surface area contributed by atoms with Crippen LogP contribution in [0.25, 0.3) is 11.3 Å². The fourth-order valence-electron chi connectivity index (χ4n) is 3.58. The Morgan fingerprint density at radius 3 is 2.73 bits per heavy atom. The molecule has 0 spiro atoms. The van der Waals surface area contributed by atoms with Gasteiger partial charge < -0.3 is 19.7 Å². The summed E-state index contributed by atoms with van der Waals surface area (Å²) in [6.07, 6.45) is -0.00000385. The molecule has 9 heteroatoms. The molecule has 33 heavy (non-hydrogen) atoms. The number of hydrogen-bond donors (Lipinski definition) is 2. The van der Waals surface area contributed by atoms with E-state index in [9.17, 15) is 9.59 Å². The fourth-order valence-corrected chi connectivity index (χ4v) is 3.80. The average Bonchev–Trinajstić information content (AvgIpc) is 3.22. The summed E-state index contributed by atoms with van der Waals surface area (Å²) in [5.74, 6) is -0.477. The van der Waals surface area contributed by atoms with Gasteiger partial charge in [0.1, 0.15) is 5.75 Å². The van der Waals surface area contributed by atoms with Crippen molar-refractivity contribution in [1.29, 1.82) is 0 Å². The number of nitrogens with zero attached hydrogens (tertiary/aromatic N) is 2. The van der Waals surface area contributed by atoms with Gasteiger partial charge in [-0.1, -0.05) is 28.9 Å². The fraction of sp³-hybridized carbons (Fsp3) is 0.292. The minimum absolute atomic E-state index is 0.00000385. The molecule has 1 saturated heterocycles. The Hall–Kier alpha value is -3.36. The first kappa shape index (κ1) is 22.8. The number of rotatable bonds is 8. The van der Waals surface area contributed by atoms with Gasteiger partial charge in [-0.05, 0) is 49.7 Å². The van der Waals surface area contributed by atoms with E-state index in [-0.39, 0.29) is 17.7 Å². The molecule has 1 aliphatic heterocycles. The zero-order valence-electron chi connectivity index (χ0n) is 18.2. The number of anilines is 1. The molecule has 0 unspecified atom stereocenters. The number of carbonyl (C=O) groups excluding carboxylic acids is 1. The first-order chi connectivity index (χ1) is 15.8. The SMILES string of the molecule is CC(C)Oc1ccc(-c2cc(C(=O)Nc3cccc(CN4CC(C(=O)O)C4)c3)no2)cc1Cl. The number of likely N-dealkylation sites (tertiary alicyclic amines) is 1. The maximum Gasteiger partial charge on any atom is 0.309 e. The predicted molar refractivity (Wildman–Crippen MR) is 124 cm³/mol. The lowest BCUT2D eigenvalue weighted by atomic mass is 9.99. The minimum atomic E-state index is -0.763. The highest BCUT2D eigenvalue weighted by Crippen LogP contribution is 2.31. The summed E-state index contributed by atoms with van der Waals surface area (Å²) in [6, 6.07) is 14.2. The van der Waals surface area contributed by atoms with E-state index in [1.807, 2.05) is 36.9 Å². The molecule has 1 amide bonds. The smallest absolute Gasteiger partial charge is 0.309 e. The molecule has 1 aliphatic rings. The summed E-state index contributed by atoms with van der Waals surface area (Å²) in [6.45, 7) is 5.52. The van der Waals surface area contributed by atoms with E-state index >= 15 is 0 Å². The highest BCUT2D eigenvalue weighted by Gasteiger charge is 2.32. The Bertz CT molecular complexity index is 1170. The van der Waals surface area contributed by atoms with Crippen LogP contribution < -0.4 is 10.1 Å². The van der Waals surface area contributed by atoms with Crippen LogP contribution >= 0.6 is 11.6 Å². The summed E-state index contributed by atoms with van der Waals surface area (Å²) < 4.78 is 11.0. The molecular formula is C24H24ClN3O5. The molecule has 2 N–H and O–H groups in total. The first-order valence-corrected chi connectivity index (χ1v) is 10.9. The molecule has 2 aromatic carbocycles. The van der Waals surface area contributed by atoms with Crippen LogP contribution in [0, 0.1) is 5.92 Å². The Morgan fingerprint density at radius 2 is 2.03 bits per heavy atom. The van der Waals surface area contributed by atoms with Crippen molar-refractivity contribution in [2.24, 2.45) is 5.92 Å². The van der Waals surface area contributed by atoms with Crippen LogP contribution in [0.1, 0.15) is 29.9 Å². The van der Waals surface area contributed by atoms with Crippen LogP contribution in [-0.2, 0) is 11.3 Å². The number of nitrogens with one attached hydrogen (secondary N) is 1. The summed E-state index contributed by atoms with van der Waals surface area (Å²) >= 11 is 6.29. The average molecular weight is 470 g/mol. The number of hydrogen-bond acceptors (Lipinski definition) is 6. The number of aromatic nitrogens is 1. The molecule has 172 valence electrons. The molecule has 0 bridgehead atoms. The van der Waals surface area contributed by atoms with E-state index < -0.39 is 11.9 Å². The summed E-state index contributed by atoms with van der Waals surface area (Å²) in [5, 5.41) is 16.1. The largest absolute Gasteiger partial charge is 0.489 e. The molecule has 8 nitrogen and oxygen atoms in total. The number of carbonyl (C=O) groups is 2. The monoisotopic (exact) mass is 469 g/mol. The van der Waals surface area contributed by atoms with Gasteiger partial charge >= 0.3 is 5.97 Å². The first-order valence-electron chi connectivity index (χ1n) is 10.6. The highest BCUT2D eigenvalue weighted by molar-refractivity contribution is 6.32. The quantitative estimate of drug-likeness (QED) is 0.498. The second-order valence-electron chi connectivity index (χ2n) is 8.27. The molecule has 4 rings (SSSR count). The van der Waals surface area contributed by atoms with E-state index in [4.69, 9.17) is 26.0 Å². The number of amides is 1. The van der Waals surface area contributed by atoms with Crippen molar-refractivity contribution in [3.05, 3.63) is 64.8 Å². The lowest BCUT2D eigenvalue weighted by Gasteiger charge is -2.36. The van der Waals surface area contributed by atoms with Crippen LogP contribution in [0.4, 0.5) is 5.69 Å². The van der Waals surface area contributed by atoms with Crippen molar-refractivity contribution in [3.63, 3.8) is 0 Å². The normalized spacial score (nSPS) is 14.2. The van der Waals surface area contributed by atoms with Crippen LogP contribution in [0.3, 0.4) is 0 Å². The Labute approximate surface area is 196 Å². The standard InChI is InChI=1S/C24H24ClN3O5/c1-14(2)32-21-7-6-16(9-19(21)25)22-10-20(27-33-22)23(29)26-18-5-3-4-15(8-18)11-28-12-17(13-28)24(30)31/h3-10,14,17H,11-13H2,1-2H3,(H,26,29)(H,30,31). The minimum Gasteiger partial charge on any atom is -0.489 e. The summed E-state index contributed by atoms with van der Waals surface area (Å²) in [7, 11) is 0. The molecule has 2 heterocycles. The molecule has 1 aromatic heterocycles. The number of ether oxygens (including phenoxy) is 1. The number of carboxylic acid groups (broad SMARTS) is 1. The van der Waals surface area contributed by atoms with E-state index in [0.717, 1.165) is 5.56 Å². The van der Waals surface area contributed by atoms with Crippen molar-refractivity contribution in [3.8, 4) is 17.1 Å². The van der Waals surface area contributed by atoms with Crippen molar-refractivity contribution < 1.29 is 24.0 Å². The van der Waals surface area contributed by atoms with Crippen molar-refractivity contribution in [1.82, 2.24) is 10.1 Å². The molecule has 0 saturated carbocycles. The molecule has 0 atom stereocenters. The van der Waals surface area contributed by atoms with Gasteiger partial charge in [-0.2, -0.15) is 0 Å². The molecule has 1 fully saturated rings. The Morgan fingerprint density at radius 1 is 1.24 bits per heavy atom. The number of carboxylic acids is 1. The maximum atomic E-state index is 12.7. The summed E-state index contributed by atoms with van der Waals surface area (Å²) in [5.41, 5.74) is 2.42. The van der Waals surface area contributed by atoms with E-state index in [1.54, 1.807) is 30.3 Å². The maximum absolute atomic E-state index is 12.7. The highest BCUT2D eigenvalue weighted by atomic mass is 35.5. The van der Waals surface area contributed by atoms with E-state index in [0.29, 0.717) is 47.4 Å². The summed E-state index contributed by atoms with van der Waals surface area (Å²) in [4.78, 5) is 25.7. The third-order valence-electron chi connectivity index (χ3n) is 5.22. The number of halogens is 1. The van der Waals surface area contributed by atoms with Crippen molar-refractivity contribution in [2.75, 3.05) is 18.4 Å². The lowest BCUT2D eigenvalue weighted by Crippen LogP contribution is -2.49. The van der Waals surface area contributed by atoms with Crippen LogP contribution in [0.2, 0.25) is 5.02 Å². The predicted octanol–water partition coefficient (Wildman–Crippen LogP) is 4.55. The molecular weight excluding hydrogens is 446 g/mol. The second kappa shape index (κ2) is 9.64. The number of aliphatic carboxylic acids is 1. The van der Waals surface area contributed by atoms with Gasteiger partial charge in [0.2, 0.25) is 0 Å². The van der Waals surface area contributed by atoms with Gasteiger partial charge in [-0.15, -0.1) is 0 Å². The second-order valence-corrected chi connectivity index (χ2v) is 8.68. The van der Waals surface area contributed by atoms with Gasteiger partial charge in [0.05, 0.1) is 17.0 Å². The Kier molecular flexibility index (Phi) is 6.67. The third-order valence-corrected chi connectivity index (χ3v) is 5.51. The topological polar surface area (TPSA) is 105 Å². The third kappa shape index (κ3) is 5.53. The van der Waals surface area contributed by atoms with Gasteiger partial charge in [0.25, 0.3) is 5.91 Å². The van der Waals surface area contributed by atoms with Crippen molar-refractivity contribution >= 4 is 29.2 Å². The molecule has 0 aliphatic carbocycles. The number of benzene rings is 2. The zero-order valence-corrected chi connectivity index (χ0v) is 19.0. The van der Waals surface area contributed by atoms with Crippen molar-refractivity contribution in [2.45, 2.75) is 26.5 Å².